The number of anilines is 1. The molecule has 3 aromatic carbocycles. The monoisotopic (exact) mass is 445 g/mol. The molecule has 9 heteroatoms. The third kappa shape index (κ3) is 4.72. The van der Waals surface area contributed by atoms with E-state index in [4.69, 9.17) is 4.74 Å². The number of benzene rings is 3. The summed E-state index contributed by atoms with van der Waals surface area (Å²) in [6, 6.07) is 15.1. The standard InChI is InChI=1S/C23H16F5N3O/c24-19-5-2-6-20(21(19)25)32-18-4-1-3-17(11-18)29-12-15-13-30-31-22(15)14-7-9-16(10-8-14)23(26,27)28/h1-11,13,29H,12H2,(H,30,31). The van der Waals surface area contributed by atoms with Gasteiger partial charge >= 0.3 is 6.18 Å². The minimum atomic E-state index is -4.41. The van der Waals surface area contributed by atoms with Gasteiger partial charge in [0.25, 0.3) is 0 Å². The molecule has 0 amide bonds. The summed E-state index contributed by atoms with van der Waals surface area (Å²) in [5, 5.41) is 10.0. The molecule has 0 saturated carbocycles. The largest absolute Gasteiger partial charge is 0.454 e. The van der Waals surface area contributed by atoms with Crippen molar-refractivity contribution in [2.45, 2.75) is 12.7 Å². The minimum Gasteiger partial charge on any atom is -0.454 e. The van der Waals surface area contributed by atoms with Crippen LogP contribution in [0.4, 0.5) is 27.6 Å². The molecular formula is C23H16F5N3O. The molecule has 1 aromatic heterocycles. The van der Waals surface area contributed by atoms with E-state index in [9.17, 15) is 22.0 Å². The number of halogens is 5. The molecule has 0 atom stereocenters. The molecule has 4 rings (SSSR count). The zero-order valence-electron chi connectivity index (χ0n) is 16.4. The Kier molecular flexibility index (Phi) is 5.81. The lowest BCUT2D eigenvalue weighted by Crippen LogP contribution is -2.04. The van der Waals surface area contributed by atoms with Crippen LogP contribution < -0.4 is 10.1 Å². The van der Waals surface area contributed by atoms with Gasteiger partial charge in [-0.25, -0.2) is 4.39 Å². The van der Waals surface area contributed by atoms with Gasteiger partial charge in [0.2, 0.25) is 5.82 Å². The van der Waals surface area contributed by atoms with Gasteiger partial charge in [-0.15, -0.1) is 0 Å². The molecule has 0 aliphatic carbocycles. The van der Waals surface area contributed by atoms with Crippen molar-refractivity contribution in [1.82, 2.24) is 10.2 Å². The average Bonchev–Trinajstić information content (AvgIpc) is 3.24. The van der Waals surface area contributed by atoms with Crippen LogP contribution in [0, 0.1) is 11.6 Å². The van der Waals surface area contributed by atoms with Gasteiger partial charge in [-0.05, 0) is 36.4 Å². The second-order valence-electron chi connectivity index (χ2n) is 6.87. The number of nitrogens with one attached hydrogen (secondary N) is 2. The third-order valence-corrected chi connectivity index (χ3v) is 4.67. The fourth-order valence-electron chi connectivity index (χ4n) is 3.07. The summed E-state index contributed by atoms with van der Waals surface area (Å²) in [6.45, 7) is 0.310. The number of aromatic nitrogens is 2. The molecule has 0 spiro atoms. The second-order valence-corrected chi connectivity index (χ2v) is 6.87. The lowest BCUT2D eigenvalue weighted by Gasteiger charge is -2.11. The van der Waals surface area contributed by atoms with Crippen LogP contribution in [-0.2, 0) is 12.7 Å². The van der Waals surface area contributed by atoms with E-state index in [1.807, 2.05) is 0 Å². The van der Waals surface area contributed by atoms with E-state index < -0.39 is 23.4 Å². The topological polar surface area (TPSA) is 49.9 Å². The minimum absolute atomic E-state index is 0.235. The van der Waals surface area contributed by atoms with E-state index in [1.165, 1.54) is 24.3 Å². The van der Waals surface area contributed by atoms with Crippen LogP contribution in [0.15, 0.2) is 72.9 Å². The normalized spacial score (nSPS) is 11.4. The number of alkyl halides is 3. The SMILES string of the molecule is Fc1cccc(Oc2cccc(NCc3c[nH]nc3-c3ccc(C(F)(F)F)cc3)c2)c1F. The van der Waals surface area contributed by atoms with Crippen molar-refractivity contribution in [3.05, 3.63) is 95.7 Å². The highest BCUT2D eigenvalue weighted by atomic mass is 19.4. The molecule has 4 nitrogen and oxygen atoms in total. The summed E-state index contributed by atoms with van der Waals surface area (Å²) in [5.74, 6) is -2.02. The van der Waals surface area contributed by atoms with Crippen molar-refractivity contribution in [1.29, 1.82) is 0 Å². The second kappa shape index (κ2) is 8.70. The predicted octanol–water partition coefficient (Wildman–Crippen LogP) is 6.78. The first-order valence-electron chi connectivity index (χ1n) is 9.47. The number of nitrogens with zero attached hydrogens (tertiary/aromatic N) is 1. The highest BCUT2D eigenvalue weighted by molar-refractivity contribution is 5.64. The van der Waals surface area contributed by atoms with Gasteiger partial charge in [0, 0.05) is 35.6 Å². The average molecular weight is 445 g/mol. The van der Waals surface area contributed by atoms with E-state index in [1.54, 1.807) is 30.5 Å². The Hall–Kier alpha value is -3.88. The maximum absolute atomic E-state index is 13.8. The smallest absolute Gasteiger partial charge is 0.416 e. The Labute approximate surface area is 179 Å². The van der Waals surface area contributed by atoms with Gasteiger partial charge in [-0.2, -0.15) is 22.7 Å². The van der Waals surface area contributed by atoms with Crippen LogP contribution in [0.5, 0.6) is 11.5 Å². The summed E-state index contributed by atoms with van der Waals surface area (Å²) in [5.41, 5.74) is 1.68. The third-order valence-electron chi connectivity index (χ3n) is 4.67. The molecule has 0 aliphatic heterocycles. The zero-order valence-corrected chi connectivity index (χ0v) is 16.4. The number of H-pyrrole nitrogens is 1. The van der Waals surface area contributed by atoms with Crippen molar-refractivity contribution in [2.24, 2.45) is 0 Å². The number of ether oxygens (including phenoxy) is 1. The van der Waals surface area contributed by atoms with Gasteiger partial charge in [0.1, 0.15) is 5.75 Å². The Morgan fingerprint density at radius 3 is 2.44 bits per heavy atom. The first-order valence-corrected chi connectivity index (χ1v) is 9.47. The Morgan fingerprint density at radius 1 is 0.938 bits per heavy atom. The fraction of sp³-hybridized carbons (Fsp3) is 0.0870. The summed E-state index contributed by atoms with van der Waals surface area (Å²) in [4.78, 5) is 0. The molecule has 0 fully saturated rings. The van der Waals surface area contributed by atoms with Crippen LogP contribution in [0.1, 0.15) is 11.1 Å². The van der Waals surface area contributed by atoms with Crippen molar-refractivity contribution >= 4 is 5.69 Å². The predicted molar refractivity (Wildman–Crippen MR) is 109 cm³/mol. The lowest BCUT2D eigenvalue weighted by atomic mass is 10.1. The van der Waals surface area contributed by atoms with Crippen molar-refractivity contribution in [3.8, 4) is 22.8 Å². The maximum atomic E-state index is 13.8. The van der Waals surface area contributed by atoms with E-state index in [2.05, 4.69) is 15.5 Å². The van der Waals surface area contributed by atoms with Crippen molar-refractivity contribution in [3.63, 3.8) is 0 Å². The summed E-state index contributed by atoms with van der Waals surface area (Å²) < 4.78 is 71.0. The van der Waals surface area contributed by atoms with E-state index in [-0.39, 0.29) is 5.75 Å². The number of rotatable bonds is 6. The van der Waals surface area contributed by atoms with Gasteiger partial charge in [0.05, 0.1) is 11.3 Å². The van der Waals surface area contributed by atoms with Gasteiger partial charge in [-0.1, -0.05) is 24.3 Å². The summed E-state index contributed by atoms with van der Waals surface area (Å²) in [7, 11) is 0. The molecule has 164 valence electrons. The Bertz CT molecular complexity index is 1220. The van der Waals surface area contributed by atoms with Crippen LogP contribution in [0.3, 0.4) is 0 Å². The molecule has 0 unspecified atom stereocenters. The molecule has 0 radical (unpaired) electrons. The number of hydrogen-bond donors (Lipinski definition) is 2. The van der Waals surface area contributed by atoms with Crippen LogP contribution in [-0.4, -0.2) is 10.2 Å². The Balaban J connectivity index is 1.47. The van der Waals surface area contributed by atoms with E-state index in [0.717, 1.165) is 23.8 Å². The number of aromatic amines is 1. The summed E-state index contributed by atoms with van der Waals surface area (Å²) >= 11 is 0. The highest BCUT2D eigenvalue weighted by Crippen LogP contribution is 2.32. The Morgan fingerprint density at radius 2 is 1.69 bits per heavy atom. The van der Waals surface area contributed by atoms with Crippen LogP contribution in [0.25, 0.3) is 11.3 Å². The van der Waals surface area contributed by atoms with Gasteiger partial charge in [-0.3, -0.25) is 5.10 Å². The molecule has 2 N–H and O–H groups in total. The van der Waals surface area contributed by atoms with E-state index in [0.29, 0.717) is 29.2 Å². The van der Waals surface area contributed by atoms with Gasteiger partial charge in [0.15, 0.2) is 11.6 Å². The quantitative estimate of drug-likeness (QED) is 0.322. The van der Waals surface area contributed by atoms with Gasteiger partial charge < -0.3 is 10.1 Å². The summed E-state index contributed by atoms with van der Waals surface area (Å²) in [6.07, 6.45) is -2.77. The molecule has 0 saturated heterocycles. The first kappa shape index (κ1) is 21.4. The molecular weight excluding hydrogens is 429 g/mol. The van der Waals surface area contributed by atoms with E-state index >= 15 is 0 Å². The molecule has 0 aliphatic rings. The van der Waals surface area contributed by atoms with Crippen LogP contribution >= 0.6 is 0 Å². The molecule has 4 aromatic rings. The van der Waals surface area contributed by atoms with Crippen molar-refractivity contribution < 1.29 is 26.7 Å². The van der Waals surface area contributed by atoms with Crippen molar-refractivity contribution in [2.75, 3.05) is 5.32 Å². The molecule has 32 heavy (non-hydrogen) atoms. The molecule has 0 bridgehead atoms. The lowest BCUT2D eigenvalue weighted by molar-refractivity contribution is -0.137. The maximum Gasteiger partial charge on any atom is 0.416 e. The van der Waals surface area contributed by atoms with Crippen LogP contribution in [0.2, 0.25) is 0 Å². The zero-order chi connectivity index (χ0) is 22.7. The first-order chi connectivity index (χ1) is 15.3. The number of hydrogen-bond acceptors (Lipinski definition) is 3. The highest BCUT2D eigenvalue weighted by Gasteiger charge is 2.30. The molecule has 1 heterocycles. The fourth-order valence-corrected chi connectivity index (χ4v) is 3.07.